The minimum absolute atomic E-state index is 0.134. The zero-order valence-corrected chi connectivity index (χ0v) is 18.2. The lowest BCUT2D eigenvalue weighted by Gasteiger charge is -2.23. The summed E-state index contributed by atoms with van der Waals surface area (Å²) >= 11 is 0. The van der Waals surface area contributed by atoms with E-state index in [1.54, 1.807) is 0 Å². The minimum atomic E-state index is -1.53. The van der Waals surface area contributed by atoms with Crippen molar-refractivity contribution < 1.29 is 23.1 Å². The second-order valence-electron chi connectivity index (χ2n) is 8.30. The maximum atomic E-state index is 15.2. The minimum Gasteiger partial charge on any atom is -0.477 e. The number of fused-ring (bicyclic) bond motifs is 1. The number of anilines is 1. The predicted molar refractivity (Wildman–Crippen MR) is 120 cm³/mol. The van der Waals surface area contributed by atoms with Crippen LogP contribution < -0.4 is 15.6 Å². The number of pyridine rings is 1. The molecule has 2 heterocycles. The van der Waals surface area contributed by atoms with Gasteiger partial charge in [-0.3, -0.25) is 4.79 Å². The molecule has 0 saturated carbocycles. The topological polar surface area (TPSA) is 74.6 Å². The number of halogens is 3. The summed E-state index contributed by atoms with van der Waals surface area (Å²) < 4.78 is 44.4. The number of benzene rings is 2. The Morgan fingerprint density at radius 1 is 1.18 bits per heavy atom. The van der Waals surface area contributed by atoms with Crippen LogP contribution in [-0.4, -0.2) is 41.3 Å². The Bertz CT molecular complexity index is 1290. The number of aromatic carboxylic acids is 1. The van der Waals surface area contributed by atoms with Crippen molar-refractivity contribution in [2.24, 2.45) is 5.92 Å². The Labute approximate surface area is 188 Å². The van der Waals surface area contributed by atoms with Gasteiger partial charge >= 0.3 is 5.97 Å². The largest absolute Gasteiger partial charge is 0.477 e. The first-order chi connectivity index (χ1) is 15.7. The number of nitrogens with one attached hydrogen (secondary N) is 1. The highest BCUT2D eigenvalue weighted by atomic mass is 19.1. The number of carbonyl (C=O) groups is 1. The molecule has 2 aromatic carbocycles. The molecule has 2 N–H and O–H groups in total. The number of rotatable bonds is 6. The summed E-state index contributed by atoms with van der Waals surface area (Å²) in [5, 5.41) is 12.6. The highest BCUT2D eigenvalue weighted by molar-refractivity contribution is 5.94. The summed E-state index contributed by atoms with van der Waals surface area (Å²) in [5.74, 6) is -3.63. The lowest BCUT2D eigenvalue weighted by Crippen LogP contribution is -2.35. The molecule has 0 amide bonds. The van der Waals surface area contributed by atoms with E-state index in [0.29, 0.717) is 25.1 Å². The number of hydrogen-bond donors (Lipinski definition) is 2. The van der Waals surface area contributed by atoms with Gasteiger partial charge in [-0.25, -0.2) is 18.0 Å². The molecule has 33 heavy (non-hydrogen) atoms. The van der Waals surface area contributed by atoms with Crippen LogP contribution in [0.2, 0.25) is 0 Å². The van der Waals surface area contributed by atoms with Gasteiger partial charge in [0.15, 0.2) is 0 Å². The van der Waals surface area contributed by atoms with E-state index in [2.05, 4.69) is 12.2 Å². The van der Waals surface area contributed by atoms with Crippen LogP contribution in [0.15, 0.2) is 41.3 Å². The van der Waals surface area contributed by atoms with Crippen LogP contribution in [0.1, 0.15) is 30.6 Å². The van der Waals surface area contributed by atoms with E-state index in [-0.39, 0.29) is 28.3 Å². The van der Waals surface area contributed by atoms with E-state index >= 15 is 4.39 Å². The van der Waals surface area contributed by atoms with E-state index in [1.165, 1.54) is 6.07 Å². The van der Waals surface area contributed by atoms with E-state index in [4.69, 9.17) is 0 Å². The fourth-order valence-corrected chi connectivity index (χ4v) is 4.51. The summed E-state index contributed by atoms with van der Waals surface area (Å²) in [5.41, 5.74) is -1.29. The average molecular weight is 459 g/mol. The summed E-state index contributed by atoms with van der Waals surface area (Å²) in [6.45, 7) is 6.12. The zero-order chi connectivity index (χ0) is 23.9. The van der Waals surface area contributed by atoms with Gasteiger partial charge in [-0.1, -0.05) is 6.92 Å². The van der Waals surface area contributed by atoms with Crippen molar-refractivity contribution in [1.82, 2.24) is 9.88 Å². The molecular weight excluding hydrogens is 435 g/mol. The number of aromatic nitrogens is 1. The van der Waals surface area contributed by atoms with Crippen LogP contribution >= 0.6 is 0 Å². The standard InChI is InChI=1S/C24H24F3N3O3/c1-3-28-13(2)14-6-7-29(11-14)22-10-21-16(9-19(22)27)23(31)17(24(32)33)12-30(21)20-5-4-15(25)8-18(20)26/h4-5,8-10,12-14,28H,3,6-7,11H2,1-2H3,(H,32,33). The van der Waals surface area contributed by atoms with Crippen molar-refractivity contribution >= 4 is 22.6 Å². The molecule has 1 aromatic heterocycles. The fourth-order valence-electron chi connectivity index (χ4n) is 4.51. The summed E-state index contributed by atoms with van der Waals surface area (Å²) in [7, 11) is 0. The van der Waals surface area contributed by atoms with Crippen molar-refractivity contribution in [3.63, 3.8) is 0 Å². The summed E-state index contributed by atoms with van der Waals surface area (Å²) in [6.07, 6.45) is 1.84. The number of carboxylic acids is 1. The Morgan fingerprint density at radius 2 is 1.91 bits per heavy atom. The molecule has 4 rings (SSSR count). The molecule has 174 valence electrons. The van der Waals surface area contributed by atoms with E-state index in [9.17, 15) is 23.5 Å². The highest BCUT2D eigenvalue weighted by Crippen LogP contribution is 2.32. The summed E-state index contributed by atoms with van der Waals surface area (Å²) in [4.78, 5) is 26.3. The van der Waals surface area contributed by atoms with Crippen LogP contribution in [-0.2, 0) is 0 Å². The van der Waals surface area contributed by atoms with Gasteiger partial charge < -0.3 is 19.9 Å². The first kappa shape index (κ1) is 22.8. The number of nitrogens with zero attached hydrogens (tertiary/aromatic N) is 2. The molecule has 9 heteroatoms. The molecule has 0 bridgehead atoms. The van der Waals surface area contributed by atoms with Crippen molar-refractivity contribution in [3.05, 3.63) is 69.8 Å². The Morgan fingerprint density at radius 3 is 2.58 bits per heavy atom. The smallest absolute Gasteiger partial charge is 0.341 e. The van der Waals surface area contributed by atoms with Gasteiger partial charge in [0.1, 0.15) is 23.0 Å². The first-order valence-electron chi connectivity index (χ1n) is 10.8. The lowest BCUT2D eigenvalue weighted by molar-refractivity contribution is 0.0695. The molecule has 0 spiro atoms. The van der Waals surface area contributed by atoms with Crippen molar-refractivity contribution in [1.29, 1.82) is 0 Å². The van der Waals surface area contributed by atoms with Crippen molar-refractivity contribution in [2.75, 3.05) is 24.5 Å². The molecule has 1 aliphatic rings. The molecule has 2 atom stereocenters. The molecule has 1 fully saturated rings. The van der Waals surface area contributed by atoms with Gasteiger partial charge in [0.25, 0.3) is 0 Å². The van der Waals surface area contributed by atoms with Gasteiger partial charge in [0, 0.05) is 36.8 Å². The highest BCUT2D eigenvalue weighted by Gasteiger charge is 2.29. The van der Waals surface area contributed by atoms with Crippen LogP contribution in [0.5, 0.6) is 0 Å². The van der Waals surface area contributed by atoms with Crippen LogP contribution in [0, 0.1) is 23.4 Å². The van der Waals surface area contributed by atoms with E-state index in [0.717, 1.165) is 41.9 Å². The number of carboxylic acid groups (broad SMARTS) is 1. The van der Waals surface area contributed by atoms with Crippen LogP contribution in [0.25, 0.3) is 16.6 Å². The molecule has 6 nitrogen and oxygen atoms in total. The molecule has 1 saturated heterocycles. The lowest BCUT2D eigenvalue weighted by atomic mass is 10.0. The Balaban J connectivity index is 1.89. The van der Waals surface area contributed by atoms with Crippen molar-refractivity contribution in [2.45, 2.75) is 26.3 Å². The van der Waals surface area contributed by atoms with Gasteiger partial charge in [-0.2, -0.15) is 0 Å². The Hall–Kier alpha value is -3.33. The van der Waals surface area contributed by atoms with Crippen molar-refractivity contribution in [3.8, 4) is 5.69 Å². The molecule has 1 aliphatic heterocycles. The van der Waals surface area contributed by atoms with E-state index in [1.807, 2.05) is 11.8 Å². The summed E-state index contributed by atoms with van der Waals surface area (Å²) in [6, 6.07) is 5.51. The van der Waals surface area contributed by atoms with Crippen LogP contribution in [0.4, 0.5) is 18.9 Å². The third-order valence-corrected chi connectivity index (χ3v) is 6.27. The van der Waals surface area contributed by atoms with Crippen LogP contribution in [0.3, 0.4) is 0 Å². The van der Waals surface area contributed by atoms with Gasteiger partial charge in [0.05, 0.1) is 16.9 Å². The molecule has 2 unspecified atom stereocenters. The first-order valence-corrected chi connectivity index (χ1v) is 10.8. The molecule has 3 aromatic rings. The monoisotopic (exact) mass is 459 g/mol. The average Bonchev–Trinajstić information content (AvgIpc) is 3.25. The Kier molecular flexibility index (Phi) is 6.16. The normalized spacial score (nSPS) is 17.0. The maximum Gasteiger partial charge on any atom is 0.341 e. The predicted octanol–water partition coefficient (Wildman–Crippen LogP) is 3.93. The second kappa shape index (κ2) is 8.90. The number of hydrogen-bond acceptors (Lipinski definition) is 4. The fraction of sp³-hybridized carbons (Fsp3) is 0.333. The maximum absolute atomic E-state index is 15.2. The molecule has 0 radical (unpaired) electrons. The zero-order valence-electron chi connectivity index (χ0n) is 18.2. The molecular formula is C24H24F3N3O3. The quantitative estimate of drug-likeness (QED) is 0.584. The molecule has 0 aliphatic carbocycles. The SMILES string of the molecule is CCNC(C)C1CCN(c2cc3c(cc2F)c(=O)c(C(=O)O)cn3-c2ccc(F)cc2F)C1. The van der Waals surface area contributed by atoms with E-state index < -0.39 is 34.4 Å². The van der Waals surface area contributed by atoms with Gasteiger partial charge in [0.2, 0.25) is 5.43 Å². The second-order valence-corrected chi connectivity index (χ2v) is 8.30. The third kappa shape index (κ3) is 4.20. The van der Waals surface area contributed by atoms with Gasteiger partial charge in [-0.05, 0) is 50.1 Å². The van der Waals surface area contributed by atoms with Gasteiger partial charge in [-0.15, -0.1) is 0 Å². The third-order valence-electron chi connectivity index (χ3n) is 6.27.